The monoisotopic (exact) mass is 344 g/mol. The zero-order valence-electron chi connectivity index (χ0n) is 12.0. The highest BCUT2D eigenvalue weighted by atomic mass is 79.9. The van der Waals surface area contributed by atoms with E-state index in [0.717, 1.165) is 30.5 Å². The molecule has 3 nitrogen and oxygen atoms in total. The van der Waals surface area contributed by atoms with E-state index in [9.17, 15) is 4.39 Å². The molecule has 5 heteroatoms. The fourth-order valence-electron chi connectivity index (χ4n) is 2.51. The highest BCUT2D eigenvalue weighted by Gasteiger charge is 2.29. The zero-order valence-corrected chi connectivity index (χ0v) is 13.6. The van der Waals surface area contributed by atoms with Crippen LogP contribution in [0.5, 0.6) is 0 Å². The SMILES string of the molecule is CCCNC(c1cc(Br)ccc1F)C1CN(C)CCO1. The second-order valence-corrected chi connectivity index (χ2v) is 6.18. The summed E-state index contributed by atoms with van der Waals surface area (Å²) in [7, 11) is 2.07. The first-order chi connectivity index (χ1) is 9.61. The molecule has 1 aliphatic rings. The molecule has 1 aromatic carbocycles. The van der Waals surface area contributed by atoms with Gasteiger partial charge in [-0.25, -0.2) is 4.39 Å². The largest absolute Gasteiger partial charge is 0.374 e. The van der Waals surface area contributed by atoms with Crippen LogP contribution in [0.4, 0.5) is 4.39 Å². The minimum atomic E-state index is -0.182. The van der Waals surface area contributed by atoms with Gasteiger partial charge in [0.25, 0.3) is 0 Å². The lowest BCUT2D eigenvalue weighted by Crippen LogP contribution is -2.47. The Bertz CT molecular complexity index is 444. The van der Waals surface area contributed by atoms with Crippen molar-refractivity contribution in [3.8, 4) is 0 Å². The number of rotatable bonds is 5. The minimum Gasteiger partial charge on any atom is -0.374 e. The van der Waals surface area contributed by atoms with Gasteiger partial charge in [-0.2, -0.15) is 0 Å². The van der Waals surface area contributed by atoms with Crippen molar-refractivity contribution in [2.75, 3.05) is 33.3 Å². The van der Waals surface area contributed by atoms with E-state index in [1.165, 1.54) is 6.07 Å². The first kappa shape index (κ1) is 15.9. The zero-order chi connectivity index (χ0) is 14.5. The number of hydrogen-bond donors (Lipinski definition) is 1. The first-order valence-electron chi connectivity index (χ1n) is 7.10. The van der Waals surface area contributed by atoms with E-state index in [2.05, 4.69) is 40.1 Å². The number of likely N-dealkylation sites (N-methyl/N-ethyl adjacent to an activating group) is 1. The van der Waals surface area contributed by atoms with Gasteiger partial charge in [-0.05, 0) is 38.2 Å². The molecule has 0 aliphatic carbocycles. The van der Waals surface area contributed by atoms with Crippen molar-refractivity contribution in [2.24, 2.45) is 0 Å². The molecule has 0 spiro atoms. The van der Waals surface area contributed by atoms with Crippen molar-refractivity contribution >= 4 is 15.9 Å². The van der Waals surface area contributed by atoms with Crippen LogP contribution < -0.4 is 5.32 Å². The van der Waals surface area contributed by atoms with E-state index < -0.39 is 0 Å². The number of hydrogen-bond acceptors (Lipinski definition) is 3. The molecule has 20 heavy (non-hydrogen) atoms. The summed E-state index contributed by atoms with van der Waals surface area (Å²) in [5.41, 5.74) is 0.674. The molecular formula is C15H22BrFN2O. The lowest BCUT2D eigenvalue weighted by molar-refractivity contribution is -0.0397. The molecule has 0 radical (unpaired) electrons. The number of morpholine rings is 1. The van der Waals surface area contributed by atoms with Crippen molar-refractivity contribution in [1.29, 1.82) is 0 Å². The predicted molar refractivity (Wildman–Crippen MR) is 82.4 cm³/mol. The molecule has 1 heterocycles. The number of benzene rings is 1. The Morgan fingerprint density at radius 2 is 2.35 bits per heavy atom. The van der Waals surface area contributed by atoms with E-state index >= 15 is 0 Å². The predicted octanol–water partition coefficient (Wildman–Crippen LogP) is 2.96. The fraction of sp³-hybridized carbons (Fsp3) is 0.600. The molecule has 1 aromatic rings. The molecule has 0 bridgehead atoms. The van der Waals surface area contributed by atoms with Crippen LogP contribution in [0.1, 0.15) is 24.9 Å². The second kappa shape index (κ2) is 7.50. The summed E-state index contributed by atoms with van der Waals surface area (Å²) in [5, 5.41) is 3.43. The van der Waals surface area contributed by atoms with Gasteiger partial charge in [-0.3, -0.25) is 0 Å². The van der Waals surface area contributed by atoms with Crippen molar-refractivity contribution < 1.29 is 9.13 Å². The Morgan fingerprint density at radius 1 is 1.55 bits per heavy atom. The van der Waals surface area contributed by atoms with E-state index in [4.69, 9.17) is 4.74 Å². The molecule has 2 rings (SSSR count). The molecule has 0 amide bonds. The van der Waals surface area contributed by atoms with Crippen LogP contribution in [0.3, 0.4) is 0 Å². The van der Waals surface area contributed by atoms with Gasteiger partial charge in [0.1, 0.15) is 5.82 Å². The molecule has 1 N–H and O–H groups in total. The van der Waals surface area contributed by atoms with Crippen LogP contribution in [-0.2, 0) is 4.74 Å². The Balaban J connectivity index is 2.23. The lowest BCUT2D eigenvalue weighted by Gasteiger charge is -2.36. The lowest BCUT2D eigenvalue weighted by atomic mass is 9.99. The van der Waals surface area contributed by atoms with Crippen molar-refractivity contribution in [3.63, 3.8) is 0 Å². The van der Waals surface area contributed by atoms with Crippen LogP contribution in [0.15, 0.2) is 22.7 Å². The minimum absolute atomic E-state index is 0.0240. The average Bonchev–Trinajstić information content (AvgIpc) is 2.43. The normalized spacial score (nSPS) is 21.9. The van der Waals surface area contributed by atoms with Crippen LogP contribution in [0.25, 0.3) is 0 Å². The van der Waals surface area contributed by atoms with Gasteiger partial charge < -0.3 is 15.0 Å². The third-order valence-corrected chi connectivity index (χ3v) is 4.07. The maximum Gasteiger partial charge on any atom is 0.128 e. The Labute approximate surface area is 128 Å². The van der Waals surface area contributed by atoms with Gasteiger partial charge in [-0.1, -0.05) is 22.9 Å². The summed E-state index contributed by atoms with van der Waals surface area (Å²) in [6.45, 7) is 5.39. The third-order valence-electron chi connectivity index (χ3n) is 3.58. The molecule has 0 saturated carbocycles. The molecule has 1 aliphatic heterocycles. The summed E-state index contributed by atoms with van der Waals surface area (Å²) in [4.78, 5) is 2.23. The van der Waals surface area contributed by atoms with Crippen molar-refractivity contribution in [1.82, 2.24) is 10.2 Å². The van der Waals surface area contributed by atoms with Crippen LogP contribution in [0.2, 0.25) is 0 Å². The molecule has 1 saturated heterocycles. The molecular weight excluding hydrogens is 323 g/mol. The Hall–Kier alpha value is -0.490. The number of ether oxygens (including phenoxy) is 1. The molecule has 112 valence electrons. The van der Waals surface area contributed by atoms with Gasteiger partial charge in [0.15, 0.2) is 0 Å². The molecule has 2 unspecified atom stereocenters. The van der Waals surface area contributed by atoms with Crippen LogP contribution in [-0.4, -0.2) is 44.3 Å². The van der Waals surface area contributed by atoms with E-state index in [1.54, 1.807) is 6.07 Å². The number of halogens is 2. The standard InChI is InChI=1S/C15H22BrFN2O/c1-3-6-18-15(14-10-19(2)7-8-20-14)12-9-11(16)4-5-13(12)17/h4-5,9,14-15,18H,3,6-8,10H2,1-2H3. The van der Waals surface area contributed by atoms with E-state index in [0.29, 0.717) is 12.2 Å². The van der Waals surface area contributed by atoms with Gasteiger partial charge in [-0.15, -0.1) is 0 Å². The average molecular weight is 345 g/mol. The van der Waals surface area contributed by atoms with Gasteiger partial charge in [0.05, 0.1) is 18.8 Å². The fourth-order valence-corrected chi connectivity index (χ4v) is 2.89. The maximum absolute atomic E-state index is 14.2. The molecule has 2 atom stereocenters. The van der Waals surface area contributed by atoms with Crippen molar-refractivity contribution in [3.05, 3.63) is 34.1 Å². The third kappa shape index (κ3) is 4.01. The van der Waals surface area contributed by atoms with Gasteiger partial charge in [0.2, 0.25) is 0 Å². The first-order valence-corrected chi connectivity index (χ1v) is 7.89. The van der Waals surface area contributed by atoms with E-state index in [1.807, 2.05) is 6.07 Å². The maximum atomic E-state index is 14.2. The summed E-state index contributed by atoms with van der Waals surface area (Å²) in [6, 6.07) is 4.96. The van der Waals surface area contributed by atoms with E-state index in [-0.39, 0.29) is 18.0 Å². The second-order valence-electron chi connectivity index (χ2n) is 5.27. The number of nitrogens with zero attached hydrogens (tertiary/aromatic N) is 1. The summed E-state index contributed by atoms with van der Waals surface area (Å²) >= 11 is 3.42. The highest BCUT2D eigenvalue weighted by Crippen LogP contribution is 2.27. The van der Waals surface area contributed by atoms with Gasteiger partial charge in [0, 0.05) is 23.1 Å². The summed E-state index contributed by atoms with van der Waals surface area (Å²) < 4.78 is 20.9. The number of nitrogens with one attached hydrogen (secondary N) is 1. The molecule has 0 aromatic heterocycles. The topological polar surface area (TPSA) is 24.5 Å². The smallest absolute Gasteiger partial charge is 0.128 e. The Kier molecular flexibility index (Phi) is 5.96. The summed E-state index contributed by atoms with van der Waals surface area (Å²) in [6.07, 6.45) is 0.985. The van der Waals surface area contributed by atoms with Gasteiger partial charge >= 0.3 is 0 Å². The highest BCUT2D eigenvalue weighted by molar-refractivity contribution is 9.10. The quantitative estimate of drug-likeness (QED) is 0.888. The summed E-state index contributed by atoms with van der Waals surface area (Å²) in [5.74, 6) is -0.182. The molecule has 1 fully saturated rings. The Morgan fingerprint density at radius 3 is 3.05 bits per heavy atom. The van der Waals surface area contributed by atoms with Crippen molar-refractivity contribution in [2.45, 2.75) is 25.5 Å². The van der Waals surface area contributed by atoms with Crippen LogP contribution >= 0.6 is 15.9 Å². The van der Waals surface area contributed by atoms with Crippen LogP contribution in [0, 0.1) is 5.82 Å².